The zero-order chi connectivity index (χ0) is 19.5. The molecule has 1 amide bonds. The summed E-state index contributed by atoms with van der Waals surface area (Å²) in [5.74, 6) is -0.442. The SMILES string of the molecule is CCc1ccccc1NC(=O)C(C)N(c1ccc(Cl)c(Cl)c1)S(C)(=O)=O. The largest absolute Gasteiger partial charge is 0.324 e. The minimum absolute atomic E-state index is 0.210. The van der Waals surface area contributed by atoms with Crippen molar-refractivity contribution in [2.24, 2.45) is 0 Å². The lowest BCUT2D eigenvalue weighted by Gasteiger charge is -2.28. The van der Waals surface area contributed by atoms with Crippen molar-refractivity contribution in [2.75, 3.05) is 15.9 Å². The number of aryl methyl sites for hydroxylation is 1. The molecule has 1 unspecified atom stereocenters. The minimum Gasteiger partial charge on any atom is -0.324 e. The molecule has 0 saturated carbocycles. The van der Waals surface area contributed by atoms with Crippen LogP contribution in [0.5, 0.6) is 0 Å². The first-order chi connectivity index (χ1) is 12.1. The molecule has 0 heterocycles. The molecule has 2 rings (SSSR count). The molecule has 0 fully saturated rings. The standard InChI is InChI=1S/C18H20Cl2N2O3S/c1-4-13-7-5-6-8-17(13)21-18(23)12(2)22(26(3,24)25)14-9-10-15(19)16(20)11-14/h5-12H,4H2,1-3H3,(H,21,23). The molecule has 0 aliphatic rings. The number of amides is 1. The summed E-state index contributed by atoms with van der Waals surface area (Å²) >= 11 is 11.9. The van der Waals surface area contributed by atoms with Crippen molar-refractivity contribution in [3.63, 3.8) is 0 Å². The molecule has 2 aromatic rings. The Labute approximate surface area is 164 Å². The molecule has 0 aliphatic heterocycles. The smallest absolute Gasteiger partial charge is 0.248 e. The Bertz CT molecular complexity index is 916. The van der Waals surface area contributed by atoms with Crippen molar-refractivity contribution in [3.8, 4) is 0 Å². The van der Waals surface area contributed by atoms with Crippen molar-refractivity contribution in [2.45, 2.75) is 26.3 Å². The lowest BCUT2D eigenvalue weighted by atomic mass is 10.1. The Morgan fingerprint density at radius 3 is 2.38 bits per heavy atom. The normalized spacial score (nSPS) is 12.5. The van der Waals surface area contributed by atoms with Crippen LogP contribution in [-0.2, 0) is 21.2 Å². The van der Waals surface area contributed by atoms with Crippen LogP contribution in [0, 0.1) is 0 Å². The first-order valence-electron chi connectivity index (χ1n) is 7.98. The van der Waals surface area contributed by atoms with Gasteiger partial charge in [-0.1, -0.05) is 48.3 Å². The van der Waals surface area contributed by atoms with Crippen LogP contribution in [0.2, 0.25) is 10.0 Å². The van der Waals surface area contributed by atoms with Gasteiger partial charge in [0, 0.05) is 5.69 Å². The zero-order valence-corrected chi connectivity index (χ0v) is 17.0. The second-order valence-corrected chi connectivity index (χ2v) is 8.51. The van der Waals surface area contributed by atoms with E-state index in [9.17, 15) is 13.2 Å². The number of anilines is 2. The molecule has 140 valence electrons. The number of carbonyl (C=O) groups excluding carboxylic acids is 1. The Hall–Kier alpha value is -1.76. The van der Waals surface area contributed by atoms with Crippen LogP contribution in [0.25, 0.3) is 0 Å². The summed E-state index contributed by atoms with van der Waals surface area (Å²) in [4.78, 5) is 12.7. The van der Waals surface area contributed by atoms with Gasteiger partial charge in [0.2, 0.25) is 15.9 Å². The molecule has 0 spiro atoms. The third kappa shape index (κ3) is 4.69. The number of sulfonamides is 1. The number of nitrogens with one attached hydrogen (secondary N) is 1. The number of benzene rings is 2. The van der Waals surface area contributed by atoms with Crippen LogP contribution in [0.1, 0.15) is 19.4 Å². The number of halogens is 2. The number of hydrogen-bond acceptors (Lipinski definition) is 3. The maximum atomic E-state index is 12.7. The highest BCUT2D eigenvalue weighted by Gasteiger charge is 2.29. The first-order valence-corrected chi connectivity index (χ1v) is 10.6. The van der Waals surface area contributed by atoms with Crippen LogP contribution >= 0.6 is 23.2 Å². The zero-order valence-electron chi connectivity index (χ0n) is 14.7. The quantitative estimate of drug-likeness (QED) is 0.763. The minimum atomic E-state index is -3.73. The van der Waals surface area contributed by atoms with Gasteiger partial charge in [-0.3, -0.25) is 9.10 Å². The molecular weight excluding hydrogens is 395 g/mol. The molecule has 0 radical (unpaired) electrons. The van der Waals surface area contributed by atoms with Gasteiger partial charge in [-0.05, 0) is 43.2 Å². The van der Waals surface area contributed by atoms with E-state index in [1.807, 2.05) is 25.1 Å². The highest BCUT2D eigenvalue weighted by Crippen LogP contribution is 2.30. The van der Waals surface area contributed by atoms with E-state index in [1.165, 1.54) is 25.1 Å². The Balaban J connectivity index is 2.36. The summed E-state index contributed by atoms with van der Waals surface area (Å²) in [7, 11) is -3.73. The molecular formula is C18H20Cl2N2O3S. The van der Waals surface area contributed by atoms with E-state index in [-0.39, 0.29) is 10.7 Å². The highest BCUT2D eigenvalue weighted by molar-refractivity contribution is 7.92. The predicted octanol–water partition coefficient (Wildman–Crippen LogP) is 4.35. The fourth-order valence-electron chi connectivity index (χ4n) is 2.62. The van der Waals surface area contributed by atoms with Crippen molar-refractivity contribution >= 4 is 50.5 Å². The van der Waals surface area contributed by atoms with Crippen LogP contribution in [-0.4, -0.2) is 26.6 Å². The summed E-state index contributed by atoms with van der Waals surface area (Å²) < 4.78 is 25.7. The van der Waals surface area contributed by atoms with E-state index in [1.54, 1.807) is 6.07 Å². The Kier molecular flexibility index (Phi) is 6.55. The number of hydrogen-bond donors (Lipinski definition) is 1. The predicted molar refractivity (Wildman–Crippen MR) is 108 cm³/mol. The Morgan fingerprint density at radius 1 is 1.15 bits per heavy atom. The monoisotopic (exact) mass is 414 g/mol. The molecule has 8 heteroatoms. The van der Waals surface area contributed by atoms with Crippen LogP contribution in [0.3, 0.4) is 0 Å². The second-order valence-electron chi connectivity index (χ2n) is 5.83. The fraction of sp³-hybridized carbons (Fsp3) is 0.278. The molecule has 0 bridgehead atoms. The topological polar surface area (TPSA) is 66.5 Å². The van der Waals surface area contributed by atoms with Gasteiger partial charge in [0.05, 0.1) is 22.0 Å². The van der Waals surface area contributed by atoms with E-state index >= 15 is 0 Å². The summed E-state index contributed by atoms with van der Waals surface area (Å²) in [6, 6.07) is 10.8. The van der Waals surface area contributed by atoms with Gasteiger partial charge in [-0.25, -0.2) is 8.42 Å². The van der Waals surface area contributed by atoms with E-state index in [0.29, 0.717) is 10.7 Å². The number of carbonyl (C=O) groups is 1. The maximum Gasteiger partial charge on any atom is 0.248 e. The van der Waals surface area contributed by atoms with Gasteiger partial charge in [0.15, 0.2) is 0 Å². The second kappa shape index (κ2) is 8.29. The summed E-state index contributed by atoms with van der Waals surface area (Å²) in [5.41, 5.74) is 1.90. The van der Waals surface area contributed by atoms with Crippen molar-refractivity contribution in [3.05, 3.63) is 58.1 Å². The average molecular weight is 415 g/mol. The molecule has 5 nitrogen and oxygen atoms in total. The van der Waals surface area contributed by atoms with E-state index < -0.39 is 22.0 Å². The summed E-state index contributed by atoms with van der Waals surface area (Å²) in [6.07, 6.45) is 1.78. The van der Waals surface area contributed by atoms with Gasteiger partial charge in [0.1, 0.15) is 6.04 Å². The van der Waals surface area contributed by atoms with Gasteiger partial charge in [-0.15, -0.1) is 0 Å². The average Bonchev–Trinajstić information content (AvgIpc) is 2.57. The third-order valence-corrected chi connectivity index (χ3v) is 5.88. The molecule has 2 aromatic carbocycles. The van der Waals surface area contributed by atoms with Gasteiger partial charge >= 0.3 is 0 Å². The lowest BCUT2D eigenvalue weighted by Crippen LogP contribution is -2.45. The summed E-state index contributed by atoms with van der Waals surface area (Å²) in [6.45, 7) is 3.50. The number of nitrogens with zero attached hydrogens (tertiary/aromatic N) is 1. The Morgan fingerprint density at radius 2 is 1.81 bits per heavy atom. The van der Waals surface area contributed by atoms with Crippen LogP contribution in [0.15, 0.2) is 42.5 Å². The van der Waals surface area contributed by atoms with E-state index in [2.05, 4.69) is 5.32 Å². The van der Waals surface area contributed by atoms with E-state index in [0.717, 1.165) is 22.5 Å². The van der Waals surface area contributed by atoms with Crippen molar-refractivity contribution in [1.29, 1.82) is 0 Å². The molecule has 1 N–H and O–H groups in total. The fourth-order valence-corrected chi connectivity index (χ4v) is 4.08. The molecule has 0 saturated heterocycles. The lowest BCUT2D eigenvalue weighted by molar-refractivity contribution is -0.116. The summed E-state index contributed by atoms with van der Waals surface area (Å²) in [5, 5.41) is 3.32. The molecule has 0 aromatic heterocycles. The van der Waals surface area contributed by atoms with Gasteiger partial charge in [0.25, 0.3) is 0 Å². The molecule has 1 atom stereocenters. The van der Waals surface area contributed by atoms with Gasteiger partial charge in [-0.2, -0.15) is 0 Å². The van der Waals surface area contributed by atoms with E-state index in [4.69, 9.17) is 23.2 Å². The van der Waals surface area contributed by atoms with Crippen molar-refractivity contribution in [1.82, 2.24) is 0 Å². The number of rotatable bonds is 6. The van der Waals surface area contributed by atoms with Crippen molar-refractivity contribution < 1.29 is 13.2 Å². The molecule has 0 aliphatic carbocycles. The number of para-hydroxylation sites is 1. The highest BCUT2D eigenvalue weighted by atomic mass is 35.5. The first kappa shape index (κ1) is 20.6. The van der Waals surface area contributed by atoms with Gasteiger partial charge < -0.3 is 5.32 Å². The van der Waals surface area contributed by atoms with Crippen LogP contribution in [0.4, 0.5) is 11.4 Å². The third-order valence-electron chi connectivity index (χ3n) is 3.90. The maximum absolute atomic E-state index is 12.7. The molecule has 26 heavy (non-hydrogen) atoms. The van der Waals surface area contributed by atoms with Crippen LogP contribution < -0.4 is 9.62 Å².